The van der Waals surface area contributed by atoms with Gasteiger partial charge in [-0.05, 0) is 58.4 Å². The van der Waals surface area contributed by atoms with E-state index in [1.807, 2.05) is 18.2 Å². The van der Waals surface area contributed by atoms with Gasteiger partial charge in [0.05, 0.1) is 33.0 Å². The molecule has 0 bridgehead atoms. The fourth-order valence-electron chi connectivity index (χ4n) is 8.90. The highest BCUT2D eigenvalue weighted by Gasteiger charge is 2.43. The average molecular weight is 819 g/mol. The molecule has 4 aromatic rings. The molecule has 0 radical (unpaired) electrons. The first-order valence-corrected chi connectivity index (χ1v) is 22.9. The molecule has 60 heavy (non-hydrogen) atoms. The summed E-state index contributed by atoms with van der Waals surface area (Å²) in [5.74, 6) is 1.53. The Morgan fingerprint density at radius 2 is 1.28 bits per heavy atom. The number of methoxy groups -OCH3 is 2. The monoisotopic (exact) mass is 819 g/mol. The molecule has 0 aromatic heterocycles. The number of carbonyl (C=O) groups excluding carboxylic acids is 1. The third-order valence-electron chi connectivity index (χ3n) is 12.5. The number of amides is 1. The van der Waals surface area contributed by atoms with E-state index < -0.39 is 6.29 Å². The lowest BCUT2D eigenvalue weighted by molar-refractivity contribution is -0.263. The van der Waals surface area contributed by atoms with Crippen LogP contribution in [0.2, 0.25) is 0 Å². The number of nitrogens with one attached hydrogen (secondary N) is 1. The topological polar surface area (TPSA) is 89.5 Å². The van der Waals surface area contributed by atoms with E-state index in [0.29, 0.717) is 19.5 Å². The molecule has 0 saturated carbocycles. The third kappa shape index (κ3) is 13.1. The van der Waals surface area contributed by atoms with Gasteiger partial charge in [0.1, 0.15) is 0 Å². The van der Waals surface area contributed by atoms with Gasteiger partial charge in [-0.3, -0.25) is 9.69 Å². The molecule has 2 heterocycles. The molecule has 1 amide bonds. The van der Waals surface area contributed by atoms with Gasteiger partial charge in [-0.25, -0.2) is 0 Å². The van der Waals surface area contributed by atoms with E-state index in [4.69, 9.17) is 18.9 Å². The van der Waals surface area contributed by atoms with E-state index in [-0.39, 0.29) is 30.6 Å². The number of hydrogen-bond acceptors (Lipinski definition) is 7. The number of benzene rings is 4. The zero-order chi connectivity index (χ0) is 41.9. The highest BCUT2D eigenvalue weighted by atomic mass is 16.7. The molecule has 2 aliphatic heterocycles. The van der Waals surface area contributed by atoms with Crippen LogP contribution in [-0.4, -0.2) is 49.3 Å². The fraction of sp³-hybridized carbons (Fsp3) is 0.519. The van der Waals surface area contributed by atoms with Gasteiger partial charge in [0, 0.05) is 44.1 Å². The van der Waals surface area contributed by atoms with E-state index in [2.05, 4.69) is 89.9 Å². The van der Waals surface area contributed by atoms with Gasteiger partial charge in [0.25, 0.3) is 0 Å². The summed E-state index contributed by atoms with van der Waals surface area (Å²) in [6, 6.07) is 31.2. The molecule has 4 atom stereocenters. The minimum absolute atomic E-state index is 0.0123. The van der Waals surface area contributed by atoms with Crippen molar-refractivity contribution in [1.82, 2.24) is 10.2 Å². The van der Waals surface area contributed by atoms with E-state index >= 15 is 0 Å². The van der Waals surface area contributed by atoms with Gasteiger partial charge in [0.15, 0.2) is 17.8 Å². The molecule has 2 aliphatic rings. The molecule has 2 N–H and O–H groups in total. The van der Waals surface area contributed by atoms with Crippen LogP contribution in [0.25, 0.3) is 0 Å². The van der Waals surface area contributed by atoms with E-state index in [1.165, 1.54) is 81.8 Å². The van der Waals surface area contributed by atoms with Crippen LogP contribution in [-0.2, 0) is 40.4 Å². The first-order valence-electron chi connectivity index (χ1n) is 22.9. The molecule has 8 heteroatoms. The van der Waals surface area contributed by atoms with Crippen molar-refractivity contribution in [2.24, 2.45) is 0 Å². The molecule has 0 aliphatic carbocycles. The second-order valence-electron chi connectivity index (χ2n) is 16.9. The number of aliphatic hydroxyl groups is 1. The largest absolute Gasteiger partial charge is 0.493 e. The molecule has 8 nitrogen and oxygen atoms in total. The van der Waals surface area contributed by atoms with Gasteiger partial charge in [-0.2, -0.15) is 0 Å². The Balaban J connectivity index is 1.07. The highest BCUT2D eigenvalue weighted by Crippen LogP contribution is 2.47. The molecule has 0 spiro atoms. The Morgan fingerprint density at radius 1 is 0.700 bits per heavy atom. The van der Waals surface area contributed by atoms with Crippen molar-refractivity contribution in [1.29, 1.82) is 0 Å². The maximum Gasteiger partial charge on any atom is 0.220 e. The highest BCUT2D eigenvalue weighted by molar-refractivity contribution is 5.75. The third-order valence-corrected chi connectivity index (χ3v) is 12.5. The van der Waals surface area contributed by atoms with Crippen LogP contribution in [0, 0.1) is 0 Å². The van der Waals surface area contributed by atoms with Crippen molar-refractivity contribution in [3.05, 3.63) is 130 Å². The SMILES string of the molecule is CCCCCCCCCCCCCCCC(=O)NCc1ccc(C2O[C@H](CN3CCc4cc(OC)c(OC)cc4C3)[C@@H](c3ccccc3)[C@H](c3ccc(CO)cc3)O2)cc1. The van der Waals surface area contributed by atoms with Crippen LogP contribution in [0.15, 0.2) is 91.0 Å². The number of aliphatic hydroxyl groups excluding tert-OH is 1. The molecule has 1 saturated heterocycles. The van der Waals surface area contributed by atoms with Crippen LogP contribution < -0.4 is 14.8 Å². The number of hydrogen-bond donors (Lipinski definition) is 2. The lowest BCUT2D eigenvalue weighted by Gasteiger charge is -2.45. The maximum absolute atomic E-state index is 12.7. The predicted octanol–water partition coefficient (Wildman–Crippen LogP) is 11.3. The minimum Gasteiger partial charge on any atom is -0.493 e. The van der Waals surface area contributed by atoms with Crippen LogP contribution in [0.1, 0.15) is 154 Å². The van der Waals surface area contributed by atoms with Gasteiger partial charge in [0.2, 0.25) is 5.91 Å². The summed E-state index contributed by atoms with van der Waals surface area (Å²) in [5.41, 5.74) is 7.57. The first kappa shape index (κ1) is 45.3. The molecule has 1 fully saturated rings. The summed E-state index contributed by atoms with van der Waals surface area (Å²) in [4.78, 5) is 15.2. The number of fused-ring (bicyclic) bond motifs is 1. The number of carbonyl (C=O) groups is 1. The van der Waals surface area contributed by atoms with Crippen LogP contribution in [0.5, 0.6) is 11.5 Å². The molecule has 4 aromatic carbocycles. The normalized spacial score (nSPS) is 19.1. The number of rotatable bonds is 24. The zero-order valence-electron chi connectivity index (χ0n) is 36.5. The standard InChI is InChI=1S/C52H70N2O6/c1-4-5-6-7-8-9-10-11-12-13-14-15-19-22-49(56)53-35-39-23-29-43(30-24-39)52-59-48(37-54-32-31-44-33-46(57-2)47(58-3)34-45(44)36-54)50(41-20-17-16-18-21-41)51(60-52)42-27-25-40(38-55)26-28-42/h16-18,20-21,23-30,33-34,48,50-52,55H,4-15,19,22,31-32,35-38H2,1-3H3,(H,53,56)/t48-,50-,51+,52?/m1/s1. The molecule has 1 unspecified atom stereocenters. The van der Waals surface area contributed by atoms with Gasteiger partial charge in [-0.1, -0.05) is 163 Å². The quantitative estimate of drug-likeness (QED) is 0.0681. The Morgan fingerprint density at radius 3 is 1.90 bits per heavy atom. The summed E-state index contributed by atoms with van der Waals surface area (Å²) in [5, 5.41) is 13.0. The van der Waals surface area contributed by atoms with Crippen LogP contribution in [0.4, 0.5) is 0 Å². The van der Waals surface area contributed by atoms with Crippen molar-refractivity contribution >= 4 is 5.91 Å². The molecule has 324 valence electrons. The van der Waals surface area contributed by atoms with Gasteiger partial charge >= 0.3 is 0 Å². The Labute approximate surface area is 360 Å². The summed E-state index contributed by atoms with van der Waals surface area (Å²) >= 11 is 0. The van der Waals surface area contributed by atoms with E-state index in [0.717, 1.165) is 71.7 Å². The Bertz CT molecular complexity index is 1850. The average Bonchev–Trinajstić information content (AvgIpc) is 3.29. The molecular weight excluding hydrogens is 749 g/mol. The van der Waals surface area contributed by atoms with Crippen LogP contribution in [0.3, 0.4) is 0 Å². The summed E-state index contributed by atoms with van der Waals surface area (Å²) in [6.45, 7) is 5.14. The van der Waals surface area contributed by atoms with Gasteiger partial charge in [-0.15, -0.1) is 0 Å². The fourth-order valence-corrected chi connectivity index (χ4v) is 8.90. The lowest BCUT2D eigenvalue weighted by Crippen LogP contribution is -2.45. The second-order valence-corrected chi connectivity index (χ2v) is 16.9. The summed E-state index contributed by atoms with van der Waals surface area (Å²) in [7, 11) is 3.37. The number of unbranched alkanes of at least 4 members (excludes halogenated alkanes) is 12. The number of nitrogens with zero attached hydrogens (tertiary/aromatic N) is 1. The van der Waals surface area contributed by atoms with Crippen molar-refractivity contribution < 1.29 is 28.8 Å². The second kappa shape index (κ2) is 24.3. The Kier molecular flexibility index (Phi) is 18.3. The maximum atomic E-state index is 12.7. The van der Waals surface area contributed by atoms with Crippen molar-refractivity contribution in [2.45, 2.75) is 147 Å². The first-order chi connectivity index (χ1) is 29.5. The predicted molar refractivity (Wildman–Crippen MR) is 240 cm³/mol. The van der Waals surface area contributed by atoms with E-state index in [1.54, 1.807) is 14.2 Å². The van der Waals surface area contributed by atoms with Gasteiger partial charge < -0.3 is 29.4 Å². The van der Waals surface area contributed by atoms with E-state index in [9.17, 15) is 9.90 Å². The van der Waals surface area contributed by atoms with Crippen LogP contribution >= 0.6 is 0 Å². The van der Waals surface area contributed by atoms with Crippen molar-refractivity contribution in [3.63, 3.8) is 0 Å². The lowest BCUT2D eigenvalue weighted by atomic mass is 9.82. The molecule has 6 rings (SSSR count). The Hall–Kier alpha value is -4.21. The smallest absolute Gasteiger partial charge is 0.220 e. The number of ether oxygens (including phenoxy) is 4. The zero-order valence-corrected chi connectivity index (χ0v) is 36.5. The van der Waals surface area contributed by atoms with Crippen molar-refractivity contribution in [2.75, 3.05) is 27.3 Å². The minimum atomic E-state index is -0.599. The molecular formula is C52H70N2O6. The summed E-state index contributed by atoms with van der Waals surface area (Å²) in [6.07, 6.45) is 17.3. The summed E-state index contributed by atoms with van der Waals surface area (Å²) < 4.78 is 25.3. The van der Waals surface area contributed by atoms with Crippen molar-refractivity contribution in [3.8, 4) is 11.5 Å².